The number of para-hydroxylation sites is 1. The number of carbonyl (C=O) groups excluding carboxylic acids is 2. The van der Waals surface area contributed by atoms with E-state index in [9.17, 15) is 9.59 Å². The zero-order chi connectivity index (χ0) is 13.7. The predicted octanol–water partition coefficient (Wildman–Crippen LogP) is 2.25. The average Bonchev–Trinajstić information content (AvgIpc) is 2.33. The molecule has 1 rings (SSSR count). The van der Waals surface area contributed by atoms with Gasteiger partial charge in [-0.15, -0.1) is 0 Å². The Labute approximate surface area is 115 Å². The van der Waals surface area contributed by atoms with Crippen molar-refractivity contribution in [3.63, 3.8) is 0 Å². The molecule has 0 heterocycles. The van der Waals surface area contributed by atoms with Crippen molar-refractivity contribution in [2.75, 3.05) is 12.4 Å². The second-order valence-corrected chi connectivity index (χ2v) is 4.35. The van der Waals surface area contributed by atoms with Gasteiger partial charge < -0.3 is 10.6 Å². The first-order chi connectivity index (χ1) is 8.45. The molecule has 1 aromatic rings. The van der Waals surface area contributed by atoms with Crippen LogP contribution in [-0.2, 0) is 4.79 Å². The van der Waals surface area contributed by atoms with Crippen LogP contribution in [0.3, 0.4) is 0 Å². The van der Waals surface area contributed by atoms with Crippen LogP contribution < -0.4 is 16.0 Å². The summed E-state index contributed by atoms with van der Waals surface area (Å²) >= 11 is 11.9. The highest BCUT2D eigenvalue weighted by Crippen LogP contribution is 2.30. The summed E-state index contributed by atoms with van der Waals surface area (Å²) in [6.45, 7) is 1.60. The highest BCUT2D eigenvalue weighted by molar-refractivity contribution is 6.39. The van der Waals surface area contributed by atoms with Gasteiger partial charge in [-0.05, 0) is 19.1 Å². The Hall–Kier alpha value is -1.46. The summed E-state index contributed by atoms with van der Waals surface area (Å²) in [7, 11) is 1.42. The predicted molar refractivity (Wildman–Crippen MR) is 72.1 cm³/mol. The fraction of sp³-hybridized carbons (Fsp3) is 0.273. The maximum absolute atomic E-state index is 11.6. The number of imide groups is 1. The van der Waals surface area contributed by atoms with Crippen molar-refractivity contribution < 1.29 is 9.59 Å². The average molecular weight is 290 g/mol. The Morgan fingerprint density at radius 3 is 2.28 bits per heavy atom. The molecule has 0 fully saturated rings. The minimum atomic E-state index is -0.653. The van der Waals surface area contributed by atoms with E-state index in [1.54, 1.807) is 25.1 Å². The third kappa shape index (κ3) is 3.78. The van der Waals surface area contributed by atoms with Gasteiger partial charge in [-0.2, -0.15) is 0 Å². The molecular weight excluding hydrogens is 277 g/mol. The van der Waals surface area contributed by atoms with Crippen molar-refractivity contribution in [3.8, 4) is 0 Å². The van der Waals surface area contributed by atoms with Crippen LogP contribution in [-0.4, -0.2) is 25.0 Å². The smallest absolute Gasteiger partial charge is 0.321 e. The van der Waals surface area contributed by atoms with Gasteiger partial charge in [-0.3, -0.25) is 10.1 Å². The number of rotatable bonds is 3. The summed E-state index contributed by atoms with van der Waals surface area (Å²) < 4.78 is 0. The molecule has 1 aromatic carbocycles. The maximum atomic E-state index is 11.6. The van der Waals surface area contributed by atoms with Crippen LogP contribution in [0.25, 0.3) is 0 Å². The van der Waals surface area contributed by atoms with Gasteiger partial charge in [0.15, 0.2) is 0 Å². The molecule has 1 atom stereocenters. The van der Waals surface area contributed by atoms with Crippen molar-refractivity contribution in [1.82, 2.24) is 10.6 Å². The fourth-order valence-electron chi connectivity index (χ4n) is 1.20. The summed E-state index contributed by atoms with van der Waals surface area (Å²) in [4.78, 5) is 22.6. The van der Waals surface area contributed by atoms with Gasteiger partial charge in [0.1, 0.15) is 6.04 Å². The summed E-state index contributed by atoms with van der Waals surface area (Å²) in [6, 6.07) is 3.78. The van der Waals surface area contributed by atoms with Crippen LogP contribution in [0.15, 0.2) is 18.2 Å². The topological polar surface area (TPSA) is 70.2 Å². The molecular formula is C11H13Cl2N3O2. The Kier molecular flexibility index (Phi) is 5.25. The maximum Gasteiger partial charge on any atom is 0.321 e. The minimum absolute atomic E-state index is 0.405. The zero-order valence-electron chi connectivity index (χ0n) is 9.88. The van der Waals surface area contributed by atoms with E-state index < -0.39 is 18.0 Å². The molecule has 0 aliphatic carbocycles. The summed E-state index contributed by atoms with van der Waals surface area (Å²) in [5, 5.41) is 8.10. The first-order valence-corrected chi connectivity index (χ1v) is 5.94. The molecule has 0 spiro atoms. The van der Waals surface area contributed by atoms with E-state index >= 15 is 0 Å². The largest absolute Gasteiger partial charge is 0.371 e. The van der Waals surface area contributed by atoms with Crippen molar-refractivity contribution in [3.05, 3.63) is 28.2 Å². The standard InChI is InChI=1S/C11H13Cl2N3O2/c1-6(10(17)16-11(18)14-2)15-9-7(12)4-3-5-8(9)13/h3-6,15H,1-2H3,(H2,14,16,17,18). The van der Waals surface area contributed by atoms with Gasteiger partial charge in [0.05, 0.1) is 15.7 Å². The molecule has 98 valence electrons. The number of anilines is 1. The molecule has 0 aliphatic rings. The van der Waals surface area contributed by atoms with Crippen LogP contribution in [0.1, 0.15) is 6.92 Å². The zero-order valence-corrected chi connectivity index (χ0v) is 11.4. The van der Waals surface area contributed by atoms with E-state index in [0.29, 0.717) is 15.7 Å². The lowest BCUT2D eigenvalue weighted by atomic mass is 10.2. The van der Waals surface area contributed by atoms with Gasteiger partial charge in [-0.25, -0.2) is 4.79 Å². The molecule has 5 nitrogen and oxygen atoms in total. The van der Waals surface area contributed by atoms with Crippen LogP contribution in [0.4, 0.5) is 10.5 Å². The van der Waals surface area contributed by atoms with E-state index in [4.69, 9.17) is 23.2 Å². The molecule has 3 N–H and O–H groups in total. The molecule has 0 bridgehead atoms. The molecule has 0 saturated carbocycles. The Balaban J connectivity index is 2.72. The Morgan fingerprint density at radius 1 is 1.22 bits per heavy atom. The lowest BCUT2D eigenvalue weighted by molar-refractivity contribution is -0.120. The third-order valence-electron chi connectivity index (χ3n) is 2.18. The van der Waals surface area contributed by atoms with Gasteiger partial charge in [0, 0.05) is 7.05 Å². The van der Waals surface area contributed by atoms with Crippen LogP contribution in [0.2, 0.25) is 10.0 Å². The Bertz CT molecular complexity index is 445. The van der Waals surface area contributed by atoms with E-state index in [-0.39, 0.29) is 0 Å². The lowest BCUT2D eigenvalue weighted by Gasteiger charge is -2.16. The monoisotopic (exact) mass is 289 g/mol. The second-order valence-electron chi connectivity index (χ2n) is 3.53. The van der Waals surface area contributed by atoms with Crippen molar-refractivity contribution in [1.29, 1.82) is 0 Å². The number of amides is 3. The highest BCUT2D eigenvalue weighted by atomic mass is 35.5. The SMILES string of the molecule is CNC(=O)NC(=O)C(C)Nc1c(Cl)cccc1Cl. The van der Waals surface area contributed by atoms with E-state index in [0.717, 1.165) is 0 Å². The van der Waals surface area contributed by atoms with E-state index in [2.05, 4.69) is 16.0 Å². The lowest BCUT2D eigenvalue weighted by Crippen LogP contribution is -2.44. The second kappa shape index (κ2) is 6.47. The number of carbonyl (C=O) groups is 2. The third-order valence-corrected chi connectivity index (χ3v) is 2.81. The number of halogens is 2. The van der Waals surface area contributed by atoms with E-state index in [1.807, 2.05) is 0 Å². The summed E-state index contributed by atoms with van der Waals surface area (Å²) in [5.74, 6) is -0.481. The summed E-state index contributed by atoms with van der Waals surface area (Å²) in [6.07, 6.45) is 0. The van der Waals surface area contributed by atoms with Crippen molar-refractivity contribution in [2.45, 2.75) is 13.0 Å². The fourth-order valence-corrected chi connectivity index (χ4v) is 1.71. The molecule has 18 heavy (non-hydrogen) atoms. The number of nitrogens with one attached hydrogen (secondary N) is 3. The van der Waals surface area contributed by atoms with Gasteiger partial charge in [-0.1, -0.05) is 29.3 Å². The number of hydrogen-bond donors (Lipinski definition) is 3. The van der Waals surface area contributed by atoms with Crippen LogP contribution in [0, 0.1) is 0 Å². The Morgan fingerprint density at radius 2 is 1.78 bits per heavy atom. The van der Waals surface area contributed by atoms with Gasteiger partial charge in [0.25, 0.3) is 0 Å². The highest BCUT2D eigenvalue weighted by Gasteiger charge is 2.17. The van der Waals surface area contributed by atoms with Crippen LogP contribution in [0.5, 0.6) is 0 Å². The molecule has 7 heteroatoms. The molecule has 3 amide bonds. The molecule has 0 aliphatic heterocycles. The van der Waals surface area contributed by atoms with Crippen LogP contribution >= 0.6 is 23.2 Å². The summed E-state index contributed by atoms with van der Waals surface area (Å²) in [5.41, 5.74) is 0.459. The van der Waals surface area contributed by atoms with Gasteiger partial charge >= 0.3 is 6.03 Å². The normalized spacial score (nSPS) is 11.6. The molecule has 1 unspecified atom stereocenters. The number of urea groups is 1. The number of hydrogen-bond acceptors (Lipinski definition) is 3. The first kappa shape index (κ1) is 14.6. The van der Waals surface area contributed by atoms with E-state index in [1.165, 1.54) is 7.05 Å². The molecule has 0 aromatic heterocycles. The number of benzene rings is 1. The van der Waals surface area contributed by atoms with Gasteiger partial charge in [0.2, 0.25) is 5.91 Å². The first-order valence-electron chi connectivity index (χ1n) is 5.18. The van der Waals surface area contributed by atoms with Crippen molar-refractivity contribution in [2.24, 2.45) is 0 Å². The van der Waals surface area contributed by atoms with Crippen molar-refractivity contribution >= 4 is 40.8 Å². The minimum Gasteiger partial charge on any atom is -0.371 e. The quantitative estimate of drug-likeness (QED) is 0.799. The molecule has 0 radical (unpaired) electrons. The molecule has 0 saturated heterocycles.